The first-order valence-corrected chi connectivity index (χ1v) is 8.15. The topological polar surface area (TPSA) is 58.6 Å². The minimum atomic E-state index is -0.718. The summed E-state index contributed by atoms with van der Waals surface area (Å²) in [6.45, 7) is 1.31. The lowest BCUT2D eigenvalue weighted by atomic mass is 9.87. The Labute approximate surface area is 144 Å². The number of hydrogen-bond acceptors (Lipinski definition) is 4. The van der Waals surface area contributed by atoms with Gasteiger partial charge in [-0.25, -0.2) is 8.78 Å². The minimum Gasteiger partial charge on any atom is -0.508 e. The van der Waals surface area contributed by atoms with E-state index < -0.39 is 17.6 Å². The van der Waals surface area contributed by atoms with E-state index in [0.717, 1.165) is 36.7 Å². The number of nitrogens with one attached hydrogen (secondary N) is 1. The Kier molecular flexibility index (Phi) is 5.28. The maximum absolute atomic E-state index is 13.2. The molecule has 4 nitrogen and oxygen atoms in total. The van der Waals surface area contributed by atoms with Crippen molar-refractivity contribution in [2.24, 2.45) is 0 Å². The molecule has 2 aromatic carbocycles. The number of rotatable bonds is 4. The predicted molar refractivity (Wildman–Crippen MR) is 88.3 cm³/mol. The van der Waals surface area contributed by atoms with Crippen molar-refractivity contribution < 1.29 is 23.4 Å². The summed E-state index contributed by atoms with van der Waals surface area (Å²) in [5.74, 6) is -1.77. The number of carbonyl (C=O) groups excluding carboxylic acids is 1. The Bertz CT molecular complexity index is 729. The van der Waals surface area contributed by atoms with Crippen LogP contribution >= 0.6 is 0 Å². The van der Waals surface area contributed by atoms with Gasteiger partial charge >= 0.3 is 5.97 Å². The van der Waals surface area contributed by atoms with Crippen LogP contribution in [0.2, 0.25) is 0 Å². The molecule has 2 N–H and O–H groups in total. The van der Waals surface area contributed by atoms with Gasteiger partial charge in [0, 0.05) is 18.5 Å². The highest BCUT2D eigenvalue weighted by atomic mass is 19.1. The quantitative estimate of drug-likeness (QED) is 0.835. The molecule has 0 amide bonds. The molecule has 6 heteroatoms. The number of ether oxygens (including phenoxy) is 1. The zero-order chi connectivity index (χ0) is 17.8. The lowest BCUT2D eigenvalue weighted by Crippen LogP contribution is -2.42. The Morgan fingerprint density at radius 2 is 1.84 bits per heavy atom. The lowest BCUT2D eigenvalue weighted by Gasteiger charge is -2.32. The highest BCUT2D eigenvalue weighted by Gasteiger charge is 2.29. The SMILES string of the molecule is O=C(Cc1cc(F)cc(F)c1)OC1CNCCC1c1ccc(O)cc1. The largest absolute Gasteiger partial charge is 0.508 e. The summed E-state index contributed by atoms with van der Waals surface area (Å²) in [4.78, 5) is 12.2. The van der Waals surface area contributed by atoms with Crippen molar-refractivity contribution in [3.8, 4) is 5.75 Å². The molecule has 2 unspecified atom stereocenters. The third-order valence-corrected chi connectivity index (χ3v) is 4.30. The maximum atomic E-state index is 13.2. The normalized spacial score (nSPS) is 20.2. The van der Waals surface area contributed by atoms with Gasteiger partial charge in [-0.05, 0) is 48.4 Å². The van der Waals surface area contributed by atoms with Gasteiger partial charge in [0.25, 0.3) is 0 Å². The second kappa shape index (κ2) is 7.61. The Balaban J connectivity index is 1.68. The predicted octanol–water partition coefficient (Wildman–Crippen LogP) is 2.90. The number of hydrogen-bond donors (Lipinski definition) is 2. The van der Waals surface area contributed by atoms with Crippen LogP contribution in [-0.2, 0) is 16.0 Å². The van der Waals surface area contributed by atoms with Gasteiger partial charge in [0.2, 0.25) is 0 Å². The standard InChI is InChI=1S/C19H19F2NO3/c20-14-7-12(8-15(21)10-14)9-19(24)25-18-11-22-6-5-17(18)13-1-3-16(23)4-2-13/h1-4,7-8,10,17-18,22-23H,5-6,9,11H2. The van der Waals surface area contributed by atoms with Crippen LogP contribution in [-0.4, -0.2) is 30.3 Å². The van der Waals surface area contributed by atoms with E-state index >= 15 is 0 Å². The molecule has 1 aliphatic rings. The van der Waals surface area contributed by atoms with E-state index in [1.54, 1.807) is 12.1 Å². The maximum Gasteiger partial charge on any atom is 0.310 e. The van der Waals surface area contributed by atoms with Crippen LogP contribution in [0.3, 0.4) is 0 Å². The van der Waals surface area contributed by atoms with E-state index in [1.807, 2.05) is 12.1 Å². The van der Waals surface area contributed by atoms with Crippen molar-refractivity contribution in [1.29, 1.82) is 0 Å². The summed E-state index contributed by atoms with van der Waals surface area (Å²) in [6, 6.07) is 9.85. The molecular formula is C19H19F2NO3. The summed E-state index contributed by atoms with van der Waals surface area (Å²) < 4.78 is 32.0. The van der Waals surface area contributed by atoms with Crippen LogP contribution in [0.15, 0.2) is 42.5 Å². The van der Waals surface area contributed by atoms with Gasteiger partial charge < -0.3 is 15.2 Å². The Hall–Kier alpha value is -2.47. The molecule has 0 aromatic heterocycles. The molecule has 0 saturated carbocycles. The number of phenols is 1. The summed E-state index contributed by atoms with van der Waals surface area (Å²) in [5.41, 5.74) is 1.22. The van der Waals surface area contributed by atoms with Crippen molar-refractivity contribution >= 4 is 5.97 Å². The van der Waals surface area contributed by atoms with Gasteiger partial charge in [-0.2, -0.15) is 0 Å². The molecule has 132 valence electrons. The van der Waals surface area contributed by atoms with E-state index in [1.165, 1.54) is 0 Å². The van der Waals surface area contributed by atoms with Crippen LogP contribution in [0.4, 0.5) is 8.78 Å². The molecule has 0 bridgehead atoms. The Morgan fingerprint density at radius 1 is 1.16 bits per heavy atom. The van der Waals surface area contributed by atoms with Crippen LogP contribution < -0.4 is 5.32 Å². The molecule has 0 radical (unpaired) electrons. The van der Waals surface area contributed by atoms with Gasteiger partial charge in [0.1, 0.15) is 23.5 Å². The minimum absolute atomic E-state index is 0.00930. The summed E-state index contributed by atoms with van der Waals surface area (Å²) >= 11 is 0. The molecule has 25 heavy (non-hydrogen) atoms. The average Bonchev–Trinajstić information content (AvgIpc) is 2.55. The molecule has 2 atom stereocenters. The average molecular weight is 347 g/mol. The molecule has 1 heterocycles. The van der Waals surface area contributed by atoms with Gasteiger partial charge in [0.15, 0.2) is 0 Å². The second-order valence-corrected chi connectivity index (χ2v) is 6.17. The van der Waals surface area contributed by atoms with Gasteiger partial charge in [-0.15, -0.1) is 0 Å². The molecule has 1 fully saturated rings. The van der Waals surface area contributed by atoms with Gasteiger partial charge in [-0.3, -0.25) is 4.79 Å². The van der Waals surface area contributed by atoms with Crippen molar-refractivity contribution in [2.75, 3.05) is 13.1 Å². The number of benzene rings is 2. The first-order valence-electron chi connectivity index (χ1n) is 8.15. The van der Waals surface area contributed by atoms with E-state index in [4.69, 9.17) is 4.74 Å². The molecule has 3 rings (SSSR count). The lowest BCUT2D eigenvalue weighted by molar-refractivity contribution is -0.150. The third kappa shape index (κ3) is 4.54. The summed E-state index contributed by atoms with van der Waals surface area (Å²) in [7, 11) is 0. The first-order chi connectivity index (χ1) is 12.0. The van der Waals surface area contributed by atoms with E-state index in [-0.39, 0.29) is 29.8 Å². The molecule has 2 aromatic rings. The van der Waals surface area contributed by atoms with Crippen LogP contribution in [0, 0.1) is 11.6 Å². The van der Waals surface area contributed by atoms with Gasteiger partial charge in [-0.1, -0.05) is 12.1 Å². The van der Waals surface area contributed by atoms with Crippen molar-refractivity contribution in [1.82, 2.24) is 5.32 Å². The fraction of sp³-hybridized carbons (Fsp3) is 0.316. The van der Waals surface area contributed by atoms with E-state index in [2.05, 4.69) is 5.32 Å². The molecule has 1 saturated heterocycles. The number of esters is 1. The third-order valence-electron chi connectivity index (χ3n) is 4.30. The van der Waals surface area contributed by atoms with Gasteiger partial charge in [0.05, 0.1) is 6.42 Å². The van der Waals surface area contributed by atoms with Crippen LogP contribution in [0.25, 0.3) is 0 Å². The number of halogens is 2. The fourth-order valence-corrected chi connectivity index (χ4v) is 3.15. The highest BCUT2D eigenvalue weighted by Crippen LogP contribution is 2.29. The zero-order valence-corrected chi connectivity index (χ0v) is 13.5. The number of phenolic OH excluding ortho intramolecular Hbond substituents is 1. The monoisotopic (exact) mass is 347 g/mol. The van der Waals surface area contributed by atoms with Crippen LogP contribution in [0.5, 0.6) is 5.75 Å². The molecule has 1 aliphatic heterocycles. The number of piperidine rings is 1. The Morgan fingerprint density at radius 3 is 2.52 bits per heavy atom. The summed E-state index contributed by atoms with van der Waals surface area (Å²) in [6.07, 6.45) is 0.231. The fourth-order valence-electron chi connectivity index (χ4n) is 3.15. The smallest absolute Gasteiger partial charge is 0.310 e. The highest BCUT2D eigenvalue weighted by molar-refractivity contribution is 5.72. The zero-order valence-electron chi connectivity index (χ0n) is 13.5. The first kappa shape index (κ1) is 17.4. The molecule has 0 spiro atoms. The second-order valence-electron chi connectivity index (χ2n) is 6.17. The molecule has 0 aliphatic carbocycles. The molecular weight excluding hydrogens is 328 g/mol. The summed E-state index contributed by atoms with van der Waals surface area (Å²) in [5, 5.41) is 12.6. The van der Waals surface area contributed by atoms with Crippen molar-refractivity contribution in [3.05, 3.63) is 65.2 Å². The van der Waals surface area contributed by atoms with Crippen molar-refractivity contribution in [3.63, 3.8) is 0 Å². The van der Waals surface area contributed by atoms with E-state index in [0.29, 0.717) is 6.54 Å². The van der Waals surface area contributed by atoms with Crippen LogP contribution in [0.1, 0.15) is 23.5 Å². The number of carbonyl (C=O) groups is 1. The number of aromatic hydroxyl groups is 1. The van der Waals surface area contributed by atoms with E-state index in [9.17, 15) is 18.7 Å². The van der Waals surface area contributed by atoms with Crippen molar-refractivity contribution in [2.45, 2.75) is 24.9 Å².